The molecule has 0 saturated heterocycles. The second kappa shape index (κ2) is 9.85. The van der Waals surface area contributed by atoms with Crippen LogP contribution in [0.15, 0.2) is 24.3 Å². The second-order valence-electron chi connectivity index (χ2n) is 5.06. The molecule has 1 N–H and O–H groups in total. The van der Waals surface area contributed by atoms with Gasteiger partial charge in [0.2, 0.25) is 0 Å². The van der Waals surface area contributed by atoms with Gasteiger partial charge in [0, 0.05) is 6.04 Å². The maximum Gasteiger partial charge on any atom is 0.119 e. The first-order chi connectivity index (χ1) is 9.30. The van der Waals surface area contributed by atoms with Crippen LogP contribution in [0.3, 0.4) is 0 Å². The topological polar surface area (TPSA) is 21.3 Å². The maximum absolute atomic E-state index is 5.55. The summed E-state index contributed by atoms with van der Waals surface area (Å²) in [6, 6.07) is 9.15. The molecule has 0 radical (unpaired) electrons. The van der Waals surface area contributed by atoms with Gasteiger partial charge in [0.1, 0.15) is 5.75 Å². The molecule has 1 unspecified atom stereocenters. The average molecular weight is 263 g/mol. The van der Waals surface area contributed by atoms with Crippen LogP contribution >= 0.6 is 0 Å². The third kappa shape index (κ3) is 6.63. The highest BCUT2D eigenvalue weighted by Gasteiger charge is 2.07. The van der Waals surface area contributed by atoms with Gasteiger partial charge < -0.3 is 10.1 Å². The molecule has 1 atom stereocenters. The van der Waals surface area contributed by atoms with Crippen LogP contribution in [0.2, 0.25) is 0 Å². The SMILES string of the molecule is CCCNC(CCC)CCc1cccc(OCC)c1. The lowest BCUT2D eigenvalue weighted by Crippen LogP contribution is -2.30. The summed E-state index contributed by atoms with van der Waals surface area (Å²) in [6.45, 7) is 8.38. The lowest BCUT2D eigenvalue weighted by Gasteiger charge is -2.18. The third-order valence-corrected chi connectivity index (χ3v) is 3.31. The van der Waals surface area contributed by atoms with Crippen LogP contribution < -0.4 is 10.1 Å². The van der Waals surface area contributed by atoms with Gasteiger partial charge in [0.15, 0.2) is 0 Å². The van der Waals surface area contributed by atoms with Crippen LogP contribution in [0.4, 0.5) is 0 Å². The van der Waals surface area contributed by atoms with Crippen molar-refractivity contribution in [2.75, 3.05) is 13.2 Å². The molecule has 108 valence electrons. The van der Waals surface area contributed by atoms with Crippen molar-refractivity contribution in [3.63, 3.8) is 0 Å². The van der Waals surface area contributed by atoms with E-state index in [-0.39, 0.29) is 0 Å². The summed E-state index contributed by atoms with van der Waals surface area (Å²) < 4.78 is 5.55. The van der Waals surface area contributed by atoms with E-state index >= 15 is 0 Å². The highest BCUT2D eigenvalue weighted by molar-refractivity contribution is 5.28. The first-order valence-corrected chi connectivity index (χ1v) is 7.75. The number of benzene rings is 1. The molecule has 2 heteroatoms. The van der Waals surface area contributed by atoms with Crippen molar-refractivity contribution in [2.24, 2.45) is 0 Å². The standard InChI is InChI=1S/C17H29NO/c1-4-8-16(18-13-5-2)12-11-15-9-7-10-17(14-15)19-6-3/h7,9-10,14,16,18H,4-6,8,11-13H2,1-3H3. The Morgan fingerprint density at radius 1 is 1.11 bits per heavy atom. The van der Waals surface area contributed by atoms with Gasteiger partial charge in [-0.15, -0.1) is 0 Å². The Kier molecular flexibility index (Phi) is 8.31. The molecule has 0 amide bonds. The first-order valence-electron chi connectivity index (χ1n) is 7.75. The minimum atomic E-state index is 0.653. The molecule has 0 fully saturated rings. The van der Waals surface area contributed by atoms with Crippen molar-refractivity contribution in [3.05, 3.63) is 29.8 Å². The van der Waals surface area contributed by atoms with Gasteiger partial charge in [-0.1, -0.05) is 32.4 Å². The van der Waals surface area contributed by atoms with Crippen LogP contribution in [0, 0.1) is 0 Å². The molecule has 0 aliphatic heterocycles. The van der Waals surface area contributed by atoms with Crippen LogP contribution in [0.25, 0.3) is 0 Å². The van der Waals surface area contributed by atoms with E-state index < -0.39 is 0 Å². The average Bonchev–Trinajstić information content (AvgIpc) is 2.43. The molecule has 0 heterocycles. The fourth-order valence-electron chi connectivity index (χ4n) is 2.34. The molecule has 0 aliphatic carbocycles. The van der Waals surface area contributed by atoms with E-state index in [2.05, 4.69) is 37.4 Å². The van der Waals surface area contributed by atoms with Crippen LogP contribution in [0.1, 0.15) is 52.0 Å². The summed E-state index contributed by atoms with van der Waals surface area (Å²) in [6.07, 6.45) is 6.07. The Bertz CT molecular complexity index is 338. The van der Waals surface area contributed by atoms with Crippen LogP contribution in [-0.4, -0.2) is 19.2 Å². The number of nitrogens with one attached hydrogen (secondary N) is 1. The monoisotopic (exact) mass is 263 g/mol. The summed E-state index contributed by atoms with van der Waals surface area (Å²) in [5.41, 5.74) is 1.38. The Hall–Kier alpha value is -1.02. The lowest BCUT2D eigenvalue weighted by molar-refractivity contribution is 0.339. The minimum absolute atomic E-state index is 0.653. The van der Waals surface area contributed by atoms with Crippen molar-refractivity contribution >= 4 is 0 Å². The van der Waals surface area contributed by atoms with Gasteiger partial charge >= 0.3 is 0 Å². The molecule has 1 aromatic carbocycles. The molecule has 0 aliphatic rings. The van der Waals surface area contributed by atoms with E-state index in [0.29, 0.717) is 6.04 Å². The van der Waals surface area contributed by atoms with Crippen LogP contribution in [-0.2, 0) is 6.42 Å². The van der Waals surface area contributed by atoms with Gasteiger partial charge in [-0.25, -0.2) is 0 Å². The summed E-state index contributed by atoms with van der Waals surface area (Å²) >= 11 is 0. The van der Waals surface area contributed by atoms with E-state index in [1.165, 1.54) is 31.2 Å². The highest BCUT2D eigenvalue weighted by atomic mass is 16.5. The third-order valence-electron chi connectivity index (χ3n) is 3.31. The summed E-state index contributed by atoms with van der Waals surface area (Å²) in [5, 5.41) is 3.65. The normalized spacial score (nSPS) is 12.4. The summed E-state index contributed by atoms with van der Waals surface area (Å²) in [4.78, 5) is 0. The molecule has 0 bridgehead atoms. The Balaban J connectivity index is 2.45. The zero-order valence-corrected chi connectivity index (χ0v) is 12.7. The fourth-order valence-corrected chi connectivity index (χ4v) is 2.34. The maximum atomic E-state index is 5.55. The Morgan fingerprint density at radius 2 is 1.95 bits per heavy atom. The molecule has 2 nitrogen and oxygen atoms in total. The van der Waals surface area contributed by atoms with Crippen molar-refractivity contribution in [1.29, 1.82) is 0 Å². The molecule has 1 rings (SSSR count). The number of aryl methyl sites for hydroxylation is 1. The van der Waals surface area contributed by atoms with Crippen molar-refractivity contribution in [2.45, 2.75) is 58.9 Å². The molecule has 1 aromatic rings. The van der Waals surface area contributed by atoms with Gasteiger partial charge in [-0.2, -0.15) is 0 Å². The first kappa shape index (κ1) is 16.0. The number of ether oxygens (including phenoxy) is 1. The fraction of sp³-hybridized carbons (Fsp3) is 0.647. The molecule has 0 aromatic heterocycles. The summed E-state index contributed by atoms with van der Waals surface area (Å²) in [5.74, 6) is 0.994. The smallest absolute Gasteiger partial charge is 0.119 e. The molecule has 0 saturated carbocycles. The minimum Gasteiger partial charge on any atom is -0.494 e. The van der Waals surface area contributed by atoms with E-state index in [4.69, 9.17) is 4.74 Å². The highest BCUT2D eigenvalue weighted by Crippen LogP contribution is 2.16. The Morgan fingerprint density at radius 3 is 2.63 bits per heavy atom. The predicted molar refractivity (Wildman–Crippen MR) is 82.9 cm³/mol. The van der Waals surface area contributed by atoms with E-state index in [0.717, 1.165) is 25.3 Å². The number of hydrogen-bond donors (Lipinski definition) is 1. The van der Waals surface area contributed by atoms with Crippen molar-refractivity contribution in [3.8, 4) is 5.75 Å². The quantitative estimate of drug-likeness (QED) is 0.683. The number of hydrogen-bond acceptors (Lipinski definition) is 2. The summed E-state index contributed by atoms with van der Waals surface area (Å²) in [7, 11) is 0. The molecular formula is C17H29NO. The predicted octanol–water partition coefficient (Wildman–Crippen LogP) is 4.19. The lowest BCUT2D eigenvalue weighted by atomic mass is 10.0. The van der Waals surface area contributed by atoms with Gasteiger partial charge in [-0.3, -0.25) is 0 Å². The van der Waals surface area contributed by atoms with Gasteiger partial charge in [0.05, 0.1) is 6.61 Å². The second-order valence-corrected chi connectivity index (χ2v) is 5.06. The zero-order chi connectivity index (χ0) is 13.9. The van der Waals surface area contributed by atoms with Crippen molar-refractivity contribution < 1.29 is 4.74 Å². The Labute approximate surface area is 118 Å². The molecule has 19 heavy (non-hydrogen) atoms. The number of rotatable bonds is 10. The zero-order valence-electron chi connectivity index (χ0n) is 12.7. The van der Waals surface area contributed by atoms with E-state index in [1.54, 1.807) is 0 Å². The largest absolute Gasteiger partial charge is 0.494 e. The molecular weight excluding hydrogens is 234 g/mol. The van der Waals surface area contributed by atoms with Gasteiger partial charge in [0.25, 0.3) is 0 Å². The van der Waals surface area contributed by atoms with E-state index in [9.17, 15) is 0 Å². The van der Waals surface area contributed by atoms with E-state index in [1.807, 2.05) is 13.0 Å². The van der Waals surface area contributed by atoms with Gasteiger partial charge in [-0.05, 0) is 56.8 Å². The van der Waals surface area contributed by atoms with Crippen LogP contribution in [0.5, 0.6) is 5.75 Å². The van der Waals surface area contributed by atoms with Crippen molar-refractivity contribution in [1.82, 2.24) is 5.32 Å². The molecule has 0 spiro atoms.